The van der Waals surface area contributed by atoms with Crippen LogP contribution in [-0.4, -0.2) is 43.1 Å². The largest absolute Gasteiger partial charge is 0.316 e. The first-order valence-corrected chi connectivity index (χ1v) is 6.51. The van der Waals surface area contributed by atoms with E-state index in [0.717, 1.165) is 19.5 Å². The quantitative estimate of drug-likeness (QED) is 0.746. The number of rotatable bonds is 8. The maximum Gasteiger partial charge on any atom is 0.0270 e. The Balaban J connectivity index is 2.27. The molecule has 96 valence electrons. The average Bonchev–Trinajstić information content (AvgIpc) is 2.37. The molecule has 0 saturated heterocycles. The Morgan fingerprint density at radius 2 is 2.06 bits per heavy atom. The van der Waals surface area contributed by atoms with Gasteiger partial charge < -0.3 is 10.2 Å². The van der Waals surface area contributed by atoms with Gasteiger partial charge in [0.25, 0.3) is 0 Å². The summed E-state index contributed by atoms with van der Waals surface area (Å²) < 4.78 is 0. The van der Waals surface area contributed by atoms with Crippen LogP contribution in [0.1, 0.15) is 25.3 Å². The number of nitrogens with one attached hydrogen (secondary N) is 1. The lowest BCUT2D eigenvalue weighted by atomic mass is 10.1. The fraction of sp³-hybridized carbons (Fsp3) is 0.643. The predicted molar refractivity (Wildman–Crippen MR) is 73.2 cm³/mol. The number of likely N-dealkylation sites (N-methyl/N-ethyl adjacent to an activating group) is 2. The molecule has 0 amide bonds. The molecule has 1 aromatic heterocycles. The molecule has 3 nitrogen and oxygen atoms in total. The van der Waals surface area contributed by atoms with E-state index in [-0.39, 0.29) is 0 Å². The van der Waals surface area contributed by atoms with Gasteiger partial charge in [-0.3, -0.25) is 4.98 Å². The molecule has 1 atom stereocenters. The van der Waals surface area contributed by atoms with Crippen molar-refractivity contribution < 1.29 is 0 Å². The van der Waals surface area contributed by atoms with Gasteiger partial charge in [-0.1, -0.05) is 13.3 Å². The van der Waals surface area contributed by atoms with Crippen LogP contribution in [0.25, 0.3) is 0 Å². The van der Waals surface area contributed by atoms with Crippen molar-refractivity contribution in [3.63, 3.8) is 0 Å². The Bertz CT molecular complexity index is 287. The summed E-state index contributed by atoms with van der Waals surface area (Å²) in [4.78, 5) is 6.43. The van der Waals surface area contributed by atoms with Crippen molar-refractivity contribution in [3.8, 4) is 0 Å². The molecule has 3 heteroatoms. The first-order valence-electron chi connectivity index (χ1n) is 6.51. The summed E-state index contributed by atoms with van der Waals surface area (Å²) in [5.41, 5.74) is 1.36. The van der Waals surface area contributed by atoms with Crippen LogP contribution in [0.3, 0.4) is 0 Å². The molecule has 0 aliphatic heterocycles. The van der Waals surface area contributed by atoms with Crippen molar-refractivity contribution in [1.29, 1.82) is 0 Å². The van der Waals surface area contributed by atoms with Crippen LogP contribution in [-0.2, 0) is 6.42 Å². The molecule has 0 saturated carbocycles. The van der Waals surface area contributed by atoms with Crippen molar-refractivity contribution >= 4 is 0 Å². The van der Waals surface area contributed by atoms with E-state index in [1.54, 1.807) is 0 Å². The third kappa shape index (κ3) is 5.80. The minimum absolute atomic E-state index is 0.613. The summed E-state index contributed by atoms with van der Waals surface area (Å²) in [6.07, 6.45) is 7.31. The van der Waals surface area contributed by atoms with Crippen LogP contribution in [0.2, 0.25) is 0 Å². The van der Waals surface area contributed by atoms with Crippen molar-refractivity contribution in [3.05, 3.63) is 30.1 Å². The Hall–Kier alpha value is -0.930. The molecule has 17 heavy (non-hydrogen) atoms. The molecular formula is C14H25N3. The van der Waals surface area contributed by atoms with Crippen LogP contribution in [0.15, 0.2) is 24.5 Å². The first-order chi connectivity index (χ1) is 8.26. The van der Waals surface area contributed by atoms with Crippen molar-refractivity contribution in [1.82, 2.24) is 15.2 Å². The van der Waals surface area contributed by atoms with Gasteiger partial charge >= 0.3 is 0 Å². The molecule has 1 N–H and O–H groups in total. The smallest absolute Gasteiger partial charge is 0.0270 e. The normalized spacial score (nSPS) is 12.9. The van der Waals surface area contributed by atoms with E-state index in [4.69, 9.17) is 0 Å². The van der Waals surface area contributed by atoms with Gasteiger partial charge in [-0.05, 0) is 44.6 Å². The maximum atomic E-state index is 4.03. The lowest BCUT2D eigenvalue weighted by molar-refractivity contribution is 0.289. The monoisotopic (exact) mass is 235 g/mol. The van der Waals surface area contributed by atoms with Crippen molar-refractivity contribution in [2.24, 2.45) is 0 Å². The van der Waals surface area contributed by atoms with E-state index in [1.165, 1.54) is 18.4 Å². The molecule has 1 unspecified atom stereocenters. The topological polar surface area (TPSA) is 28.2 Å². The van der Waals surface area contributed by atoms with Gasteiger partial charge in [0.2, 0.25) is 0 Å². The first kappa shape index (κ1) is 14.1. The van der Waals surface area contributed by atoms with E-state index in [1.807, 2.05) is 12.4 Å². The summed E-state index contributed by atoms with van der Waals surface area (Å²) >= 11 is 0. The maximum absolute atomic E-state index is 4.03. The van der Waals surface area contributed by atoms with E-state index < -0.39 is 0 Å². The van der Waals surface area contributed by atoms with Gasteiger partial charge in [0, 0.05) is 31.5 Å². The lowest BCUT2D eigenvalue weighted by Gasteiger charge is -2.23. The highest BCUT2D eigenvalue weighted by molar-refractivity contribution is 5.09. The second-order valence-corrected chi connectivity index (χ2v) is 4.64. The predicted octanol–water partition coefficient (Wildman–Crippen LogP) is 1.94. The number of hydrogen-bond acceptors (Lipinski definition) is 3. The van der Waals surface area contributed by atoms with E-state index >= 15 is 0 Å². The second-order valence-electron chi connectivity index (χ2n) is 4.64. The molecule has 0 radical (unpaired) electrons. The number of pyridine rings is 1. The Labute approximate surface area is 105 Å². The molecule has 0 spiro atoms. The highest BCUT2D eigenvalue weighted by Crippen LogP contribution is 2.02. The van der Waals surface area contributed by atoms with Gasteiger partial charge in [0.15, 0.2) is 0 Å². The van der Waals surface area contributed by atoms with Crippen LogP contribution < -0.4 is 5.32 Å². The molecule has 1 aromatic rings. The third-order valence-corrected chi connectivity index (χ3v) is 3.11. The van der Waals surface area contributed by atoms with Crippen molar-refractivity contribution in [2.45, 2.75) is 32.2 Å². The van der Waals surface area contributed by atoms with Gasteiger partial charge in [0.1, 0.15) is 0 Å². The van der Waals surface area contributed by atoms with Crippen LogP contribution in [0, 0.1) is 0 Å². The zero-order valence-electron chi connectivity index (χ0n) is 11.3. The summed E-state index contributed by atoms with van der Waals surface area (Å²) in [7, 11) is 4.25. The zero-order chi connectivity index (χ0) is 12.5. The second kappa shape index (κ2) is 8.20. The van der Waals surface area contributed by atoms with Crippen molar-refractivity contribution in [2.75, 3.05) is 27.2 Å². The van der Waals surface area contributed by atoms with E-state index in [0.29, 0.717) is 6.04 Å². The standard InChI is InChI=1S/C14H25N3/c1-4-5-14(15-2)12-17(3)11-8-13-6-9-16-10-7-13/h6-7,9-10,14-15H,4-5,8,11-12H2,1-3H3. The zero-order valence-corrected chi connectivity index (χ0v) is 11.3. The summed E-state index contributed by atoms with van der Waals surface area (Å²) in [6.45, 7) is 4.46. The SMILES string of the molecule is CCCC(CN(C)CCc1ccncc1)NC. The molecule has 0 fully saturated rings. The van der Waals surface area contributed by atoms with Gasteiger partial charge in [-0.15, -0.1) is 0 Å². The minimum atomic E-state index is 0.613. The highest BCUT2D eigenvalue weighted by atomic mass is 15.1. The molecule has 0 aliphatic rings. The Morgan fingerprint density at radius 3 is 2.65 bits per heavy atom. The molecule has 1 rings (SSSR count). The van der Waals surface area contributed by atoms with Crippen LogP contribution >= 0.6 is 0 Å². The molecule has 0 bridgehead atoms. The number of aromatic nitrogens is 1. The minimum Gasteiger partial charge on any atom is -0.316 e. The Kier molecular flexibility index (Phi) is 6.82. The highest BCUT2D eigenvalue weighted by Gasteiger charge is 2.08. The van der Waals surface area contributed by atoms with Gasteiger partial charge in [-0.25, -0.2) is 0 Å². The average molecular weight is 235 g/mol. The lowest BCUT2D eigenvalue weighted by Crippen LogP contribution is -2.38. The van der Waals surface area contributed by atoms with Crippen LogP contribution in [0.4, 0.5) is 0 Å². The van der Waals surface area contributed by atoms with Gasteiger partial charge in [0.05, 0.1) is 0 Å². The number of nitrogens with zero attached hydrogens (tertiary/aromatic N) is 2. The molecular weight excluding hydrogens is 210 g/mol. The van der Waals surface area contributed by atoms with Gasteiger partial charge in [-0.2, -0.15) is 0 Å². The van der Waals surface area contributed by atoms with E-state index in [9.17, 15) is 0 Å². The summed E-state index contributed by atoms with van der Waals surface area (Å²) in [5, 5.41) is 3.38. The molecule has 0 aromatic carbocycles. The molecule has 0 aliphatic carbocycles. The fourth-order valence-electron chi connectivity index (χ4n) is 2.01. The molecule has 1 heterocycles. The van der Waals surface area contributed by atoms with E-state index in [2.05, 4.69) is 48.4 Å². The Morgan fingerprint density at radius 1 is 1.35 bits per heavy atom. The summed E-state index contributed by atoms with van der Waals surface area (Å²) in [5.74, 6) is 0. The van der Waals surface area contributed by atoms with Crippen LogP contribution in [0.5, 0.6) is 0 Å². The number of hydrogen-bond donors (Lipinski definition) is 1. The summed E-state index contributed by atoms with van der Waals surface area (Å²) in [6, 6.07) is 4.80. The third-order valence-electron chi connectivity index (χ3n) is 3.11. The fourth-order valence-corrected chi connectivity index (χ4v) is 2.01.